The third kappa shape index (κ3) is 5.78. The molecule has 9 heteroatoms. The minimum Gasteiger partial charge on any atom is -0.748 e. The molecule has 1 aliphatic rings. The summed E-state index contributed by atoms with van der Waals surface area (Å²) in [6, 6.07) is 35.2. The summed E-state index contributed by atoms with van der Waals surface area (Å²) in [6.45, 7) is 1.07. The van der Waals surface area contributed by atoms with Gasteiger partial charge in [-0.05, 0) is 78.2 Å². The third-order valence-corrected chi connectivity index (χ3v) is 9.32. The largest absolute Gasteiger partial charge is 0.748 e. The first kappa shape index (κ1) is 29.5. The van der Waals surface area contributed by atoms with Crippen LogP contribution in [0.15, 0.2) is 109 Å². The standard InChI is InChI=1S/C37H31N3O5S/c41-37(42)28-13-15-29(38(25-28)20-6-22-46(43,44)45)14-11-26-12-17-34-27(23-26)19-21-39(34)31-16-18-36-33(24-31)32-9-4-5-10-35(32)40(36)30-7-2-1-3-8-30/h1-5,7-18,23-25H,6,19-22H2,(H-,41,42,43,44,45). The molecule has 3 heterocycles. The van der Waals surface area contributed by atoms with Crippen LogP contribution in [0.1, 0.15) is 33.6 Å². The molecule has 1 aliphatic heterocycles. The van der Waals surface area contributed by atoms with Crippen LogP contribution in [0, 0.1) is 0 Å². The number of benzene rings is 4. The van der Waals surface area contributed by atoms with E-state index in [1.54, 1.807) is 10.6 Å². The van der Waals surface area contributed by atoms with Crippen molar-refractivity contribution in [3.8, 4) is 5.69 Å². The van der Waals surface area contributed by atoms with Crippen molar-refractivity contribution in [1.29, 1.82) is 0 Å². The van der Waals surface area contributed by atoms with E-state index in [0.29, 0.717) is 5.69 Å². The van der Waals surface area contributed by atoms with Gasteiger partial charge in [-0.2, -0.15) is 4.57 Å². The number of aryl methyl sites for hydroxylation is 1. The fraction of sp³-hybridized carbons (Fsp3) is 0.135. The number of carboxylic acid groups (broad SMARTS) is 1. The number of aromatic carboxylic acids is 1. The van der Waals surface area contributed by atoms with E-state index in [-0.39, 0.29) is 18.5 Å². The number of anilines is 2. The zero-order valence-electron chi connectivity index (χ0n) is 24.9. The Labute approximate surface area is 266 Å². The van der Waals surface area contributed by atoms with E-state index < -0.39 is 21.8 Å². The molecule has 0 atom stereocenters. The summed E-state index contributed by atoms with van der Waals surface area (Å²) < 4.78 is 37.2. The molecule has 0 saturated carbocycles. The molecular weight excluding hydrogens is 598 g/mol. The monoisotopic (exact) mass is 629 g/mol. The number of fused-ring (bicyclic) bond motifs is 4. The Balaban J connectivity index is 1.17. The minimum absolute atomic E-state index is 0.0857. The zero-order chi connectivity index (χ0) is 31.8. The van der Waals surface area contributed by atoms with Crippen molar-refractivity contribution in [1.82, 2.24) is 4.57 Å². The van der Waals surface area contributed by atoms with Crippen LogP contribution in [0.25, 0.3) is 39.6 Å². The number of aromatic nitrogens is 2. The van der Waals surface area contributed by atoms with Gasteiger partial charge in [0, 0.05) is 58.7 Å². The number of nitrogens with zero attached hydrogens (tertiary/aromatic N) is 3. The van der Waals surface area contributed by atoms with Crippen molar-refractivity contribution in [3.05, 3.63) is 132 Å². The molecule has 46 heavy (non-hydrogen) atoms. The number of hydrogen-bond acceptors (Lipinski definition) is 5. The quantitative estimate of drug-likeness (QED) is 0.143. The van der Waals surface area contributed by atoms with Gasteiger partial charge in [-0.25, -0.2) is 13.2 Å². The van der Waals surface area contributed by atoms with Crippen LogP contribution in [0.3, 0.4) is 0 Å². The van der Waals surface area contributed by atoms with Crippen LogP contribution < -0.4 is 9.47 Å². The van der Waals surface area contributed by atoms with Gasteiger partial charge < -0.3 is 19.1 Å². The lowest BCUT2D eigenvalue weighted by Gasteiger charge is -2.20. The molecule has 0 radical (unpaired) electrons. The minimum atomic E-state index is -4.35. The van der Waals surface area contributed by atoms with Crippen molar-refractivity contribution < 1.29 is 27.4 Å². The Hall–Kier alpha value is -5.25. The van der Waals surface area contributed by atoms with E-state index in [1.807, 2.05) is 18.2 Å². The second-order valence-electron chi connectivity index (χ2n) is 11.5. The van der Waals surface area contributed by atoms with Crippen LogP contribution in [0.2, 0.25) is 0 Å². The molecule has 0 spiro atoms. The average Bonchev–Trinajstić information content (AvgIpc) is 3.62. The van der Waals surface area contributed by atoms with E-state index in [4.69, 9.17) is 0 Å². The molecular formula is C37H31N3O5S. The second kappa shape index (κ2) is 11.9. The molecule has 1 N–H and O–H groups in total. The van der Waals surface area contributed by atoms with Gasteiger partial charge in [0.15, 0.2) is 6.20 Å². The van der Waals surface area contributed by atoms with E-state index in [0.717, 1.165) is 29.9 Å². The van der Waals surface area contributed by atoms with E-state index in [9.17, 15) is 22.9 Å². The second-order valence-corrected chi connectivity index (χ2v) is 13.0. The van der Waals surface area contributed by atoms with Gasteiger partial charge in [-0.1, -0.05) is 42.5 Å². The molecule has 2 aromatic heterocycles. The maximum atomic E-state index is 11.5. The van der Waals surface area contributed by atoms with E-state index >= 15 is 0 Å². The molecule has 0 amide bonds. The van der Waals surface area contributed by atoms with Crippen LogP contribution >= 0.6 is 0 Å². The molecule has 8 nitrogen and oxygen atoms in total. The predicted molar refractivity (Wildman–Crippen MR) is 180 cm³/mol. The molecule has 0 saturated heterocycles. The molecule has 0 unspecified atom stereocenters. The highest BCUT2D eigenvalue weighted by Gasteiger charge is 2.22. The lowest BCUT2D eigenvalue weighted by molar-refractivity contribution is -0.698. The summed E-state index contributed by atoms with van der Waals surface area (Å²) in [5.74, 6) is -1.59. The SMILES string of the molecule is O=C(O)c1ccc(/C=C/c2ccc3c(c2)CCN3c2ccc3c(c2)c2ccccc2n3-c2ccccc2)[n+](CCCS(=O)(=O)[O-])c1. The van der Waals surface area contributed by atoms with Gasteiger partial charge >= 0.3 is 5.97 Å². The summed E-state index contributed by atoms with van der Waals surface area (Å²) >= 11 is 0. The predicted octanol–water partition coefficient (Wildman–Crippen LogP) is 6.57. The lowest BCUT2D eigenvalue weighted by Crippen LogP contribution is -2.38. The lowest BCUT2D eigenvalue weighted by atomic mass is 10.1. The average molecular weight is 630 g/mol. The van der Waals surface area contributed by atoms with Gasteiger partial charge in [0.05, 0.1) is 21.2 Å². The van der Waals surface area contributed by atoms with Crippen LogP contribution in [-0.4, -0.2) is 40.9 Å². The van der Waals surface area contributed by atoms with Gasteiger partial charge in [0.25, 0.3) is 0 Å². The highest BCUT2D eigenvalue weighted by atomic mass is 32.2. The first-order valence-electron chi connectivity index (χ1n) is 15.1. The Kier molecular flexibility index (Phi) is 7.64. The third-order valence-electron chi connectivity index (χ3n) is 8.53. The first-order chi connectivity index (χ1) is 22.2. The number of pyridine rings is 1. The Morgan fingerprint density at radius 2 is 1.63 bits per heavy atom. The topological polar surface area (TPSA) is 107 Å². The van der Waals surface area contributed by atoms with Crippen molar-refractivity contribution >= 4 is 61.4 Å². The Morgan fingerprint density at radius 1 is 0.848 bits per heavy atom. The molecule has 0 aliphatic carbocycles. The maximum Gasteiger partial charge on any atom is 0.341 e. The molecule has 0 bridgehead atoms. The smallest absolute Gasteiger partial charge is 0.341 e. The fourth-order valence-electron chi connectivity index (χ4n) is 6.40. The van der Waals surface area contributed by atoms with Gasteiger partial charge in [-0.3, -0.25) is 0 Å². The number of para-hydroxylation sites is 2. The van der Waals surface area contributed by atoms with Gasteiger partial charge in [0.2, 0.25) is 5.69 Å². The number of hydrogen-bond donors (Lipinski definition) is 1. The van der Waals surface area contributed by atoms with Crippen molar-refractivity contribution in [2.75, 3.05) is 17.2 Å². The summed E-state index contributed by atoms with van der Waals surface area (Å²) in [6.07, 6.45) is 6.30. The number of carbonyl (C=O) groups is 1. The van der Waals surface area contributed by atoms with Crippen LogP contribution in [-0.2, 0) is 23.1 Å². The zero-order valence-corrected chi connectivity index (χ0v) is 25.7. The van der Waals surface area contributed by atoms with E-state index in [1.165, 1.54) is 45.3 Å². The Morgan fingerprint density at radius 3 is 2.43 bits per heavy atom. The van der Waals surface area contributed by atoms with Crippen LogP contribution in [0.5, 0.6) is 0 Å². The van der Waals surface area contributed by atoms with Gasteiger partial charge in [0.1, 0.15) is 12.1 Å². The van der Waals surface area contributed by atoms with Crippen molar-refractivity contribution in [2.24, 2.45) is 0 Å². The summed E-state index contributed by atoms with van der Waals surface area (Å²) in [4.78, 5) is 13.9. The highest BCUT2D eigenvalue weighted by Crippen LogP contribution is 2.39. The molecule has 7 rings (SSSR count). The molecule has 230 valence electrons. The molecule has 4 aromatic carbocycles. The Bertz CT molecular complexity index is 2260. The summed E-state index contributed by atoms with van der Waals surface area (Å²) in [5.41, 5.74) is 8.82. The summed E-state index contributed by atoms with van der Waals surface area (Å²) in [5, 5.41) is 11.8. The van der Waals surface area contributed by atoms with Gasteiger partial charge in [-0.15, -0.1) is 0 Å². The molecule has 0 fully saturated rings. The van der Waals surface area contributed by atoms with E-state index in [2.05, 4.69) is 94.4 Å². The highest BCUT2D eigenvalue weighted by molar-refractivity contribution is 7.85. The fourth-order valence-corrected chi connectivity index (χ4v) is 6.88. The normalized spacial score (nSPS) is 13.2. The van der Waals surface area contributed by atoms with Crippen molar-refractivity contribution in [3.63, 3.8) is 0 Å². The van der Waals surface area contributed by atoms with Crippen LogP contribution in [0.4, 0.5) is 11.4 Å². The molecule has 6 aromatic rings. The number of carboxylic acids is 1. The summed E-state index contributed by atoms with van der Waals surface area (Å²) in [7, 11) is -4.35. The first-order valence-corrected chi connectivity index (χ1v) is 16.7. The van der Waals surface area contributed by atoms with Crippen molar-refractivity contribution in [2.45, 2.75) is 19.4 Å². The maximum absolute atomic E-state index is 11.5. The number of rotatable bonds is 9.